The van der Waals surface area contributed by atoms with Gasteiger partial charge in [0.2, 0.25) is 0 Å². The summed E-state index contributed by atoms with van der Waals surface area (Å²) in [6, 6.07) is 3.97. The van der Waals surface area contributed by atoms with Crippen molar-refractivity contribution >= 4 is 23.0 Å². The number of nitrogens with zero attached hydrogens (tertiary/aromatic N) is 2. The van der Waals surface area contributed by atoms with Gasteiger partial charge in [0.25, 0.3) is 0 Å². The van der Waals surface area contributed by atoms with Crippen molar-refractivity contribution in [2.24, 2.45) is 0 Å². The third kappa shape index (κ3) is 3.19. The molecular formula is C14H19N3O2S. The molecule has 0 unspecified atom stereocenters. The maximum absolute atomic E-state index is 11.8. The summed E-state index contributed by atoms with van der Waals surface area (Å²) in [5, 5.41) is 6.21. The van der Waals surface area contributed by atoms with Crippen molar-refractivity contribution < 1.29 is 9.53 Å². The van der Waals surface area contributed by atoms with E-state index < -0.39 is 5.97 Å². The average molecular weight is 293 g/mol. The third-order valence-corrected chi connectivity index (χ3v) is 4.12. The zero-order valence-electron chi connectivity index (χ0n) is 11.7. The summed E-state index contributed by atoms with van der Waals surface area (Å²) in [5.41, 5.74) is 6.89. The third-order valence-electron chi connectivity index (χ3n) is 3.21. The van der Waals surface area contributed by atoms with Crippen LogP contribution in [0.3, 0.4) is 0 Å². The van der Waals surface area contributed by atoms with Crippen LogP contribution in [-0.2, 0) is 11.3 Å². The Kier molecular flexibility index (Phi) is 4.79. The topological polar surface area (TPSA) is 70.1 Å². The quantitative estimate of drug-likeness (QED) is 0.830. The van der Waals surface area contributed by atoms with Gasteiger partial charge in [-0.05, 0) is 30.4 Å². The van der Waals surface area contributed by atoms with Crippen LogP contribution < -0.4 is 5.73 Å². The largest absolute Gasteiger partial charge is 0.455 e. The molecule has 0 saturated carbocycles. The van der Waals surface area contributed by atoms with Gasteiger partial charge in [0.05, 0.1) is 17.4 Å². The maximum Gasteiger partial charge on any atom is 0.350 e. The van der Waals surface area contributed by atoms with E-state index in [1.54, 1.807) is 11.4 Å². The molecule has 6 heteroatoms. The van der Waals surface area contributed by atoms with E-state index in [9.17, 15) is 4.79 Å². The molecule has 0 spiro atoms. The predicted octanol–water partition coefficient (Wildman–Crippen LogP) is 3.24. The zero-order chi connectivity index (χ0) is 14.5. The van der Waals surface area contributed by atoms with Crippen LogP contribution in [0, 0.1) is 0 Å². The van der Waals surface area contributed by atoms with Gasteiger partial charge in [0.15, 0.2) is 0 Å². The number of esters is 1. The van der Waals surface area contributed by atoms with Crippen molar-refractivity contribution in [1.82, 2.24) is 9.78 Å². The molecule has 2 rings (SSSR count). The summed E-state index contributed by atoms with van der Waals surface area (Å²) in [6.45, 7) is 4.44. The fourth-order valence-electron chi connectivity index (χ4n) is 2.01. The van der Waals surface area contributed by atoms with Gasteiger partial charge in [-0.25, -0.2) is 4.79 Å². The molecule has 0 atom stereocenters. The van der Waals surface area contributed by atoms with E-state index in [2.05, 4.69) is 18.9 Å². The molecule has 20 heavy (non-hydrogen) atoms. The number of thiophene rings is 1. The van der Waals surface area contributed by atoms with Crippen LogP contribution in [0.1, 0.15) is 48.1 Å². The van der Waals surface area contributed by atoms with Crippen molar-refractivity contribution in [3.05, 3.63) is 34.3 Å². The Bertz CT molecular complexity index is 572. The molecule has 0 aliphatic heterocycles. The van der Waals surface area contributed by atoms with E-state index in [0.29, 0.717) is 16.6 Å². The number of carbonyl (C=O) groups excluding carboxylic acids is 1. The highest BCUT2D eigenvalue weighted by Crippen LogP contribution is 2.20. The van der Waals surface area contributed by atoms with Crippen molar-refractivity contribution in [2.45, 2.75) is 39.3 Å². The summed E-state index contributed by atoms with van der Waals surface area (Å²) in [5.74, 6) is -0.394. The minimum atomic E-state index is -0.394. The highest BCUT2D eigenvalue weighted by atomic mass is 32.1. The van der Waals surface area contributed by atoms with Crippen molar-refractivity contribution in [1.29, 1.82) is 0 Å². The lowest BCUT2D eigenvalue weighted by atomic mass is 10.2. The standard InChI is InChI=1S/C14H19N3O2S/c1-3-11(4-2)17-7-5-10(16-17)9-19-14(18)13-12(15)6-8-20-13/h5-8,11H,3-4,9,15H2,1-2H3. The second-order valence-corrected chi connectivity index (χ2v) is 5.45. The van der Waals surface area contributed by atoms with Gasteiger partial charge < -0.3 is 10.5 Å². The number of nitrogen functional groups attached to an aromatic ring is 1. The lowest BCUT2D eigenvalue weighted by Crippen LogP contribution is -2.09. The van der Waals surface area contributed by atoms with Gasteiger partial charge in [0.1, 0.15) is 11.5 Å². The van der Waals surface area contributed by atoms with Crippen LogP contribution in [0.2, 0.25) is 0 Å². The number of nitrogens with two attached hydrogens (primary N) is 1. The van der Waals surface area contributed by atoms with Gasteiger partial charge in [-0.1, -0.05) is 13.8 Å². The summed E-state index contributed by atoms with van der Waals surface area (Å²) < 4.78 is 7.16. The molecule has 0 fully saturated rings. The molecule has 5 nitrogen and oxygen atoms in total. The van der Waals surface area contributed by atoms with Gasteiger partial charge in [0, 0.05) is 6.20 Å². The number of hydrogen-bond acceptors (Lipinski definition) is 5. The number of anilines is 1. The van der Waals surface area contributed by atoms with Gasteiger partial charge in [-0.2, -0.15) is 5.10 Å². The second-order valence-electron chi connectivity index (χ2n) is 4.54. The van der Waals surface area contributed by atoms with E-state index in [4.69, 9.17) is 10.5 Å². The molecular weight excluding hydrogens is 274 g/mol. The second kappa shape index (κ2) is 6.56. The molecule has 0 aliphatic carbocycles. The normalized spacial score (nSPS) is 10.9. The number of ether oxygens (including phenoxy) is 1. The first-order valence-electron chi connectivity index (χ1n) is 6.69. The Labute approximate surface area is 122 Å². The Morgan fingerprint density at radius 1 is 1.45 bits per heavy atom. The zero-order valence-corrected chi connectivity index (χ0v) is 12.5. The first kappa shape index (κ1) is 14.6. The Morgan fingerprint density at radius 3 is 2.80 bits per heavy atom. The summed E-state index contributed by atoms with van der Waals surface area (Å²) >= 11 is 1.28. The van der Waals surface area contributed by atoms with Gasteiger partial charge in [-0.3, -0.25) is 4.68 Å². The molecule has 0 saturated heterocycles. The molecule has 0 bridgehead atoms. The van der Waals surface area contributed by atoms with Gasteiger partial charge >= 0.3 is 5.97 Å². The summed E-state index contributed by atoms with van der Waals surface area (Å²) in [4.78, 5) is 12.3. The van der Waals surface area contributed by atoms with Crippen molar-refractivity contribution in [3.8, 4) is 0 Å². The highest BCUT2D eigenvalue weighted by molar-refractivity contribution is 7.12. The number of rotatable bonds is 6. The van der Waals surface area contributed by atoms with Crippen LogP contribution >= 0.6 is 11.3 Å². The number of carbonyl (C=O) groups is 1. The molecule has 0 aliphatic rings. The van der Waals surface area contributed by atoms with Gasteiger partial charge in [-0.15, -0.1) is 11.3 Å². The first-order valence-corrected chi connectivity index (χ1v) is 7.57. The van der Waals surface area contributed by atoms with Crippen LogP contribution in [0.25, 0.3) is 0 Å². The lowest BCUT2D eigenvalue weighted by molar-refractivity contribution is 0.0473. The lowest BCUT2D eigenvalue weighted by Gasteiger charge is -2.12. The average Bonchev–Trinajstić information content (AvgIpc) is 3.07. The van der Waals surface area contributed by atoms with Crippen LogP contribution in [0.4, 0.5) is 5.69 Å². The molecule has 2 heterocycles. The molecule has 2 N–H and O–H groups in total. The smallest absolute Gasteiger partial charge is 0.350 e. The fourth-order valence-corrected chi connectivity index (χ4v) is 2.72. The Hall–Kier alpha value is -1.82. The van der Waals surface area contributed by atoms with Crippen molar-refractivity contribution in [3.63, 3.8) is 0 Å². The molecule has 0 amide bonds. The minimum absolute atomic E-state index is 0.170. The Balaban J connectivity index is 1.95. The minimum Gasteiger partial charge on any atom is -0.455 e. The summed E-state index contributed by atoms with van der Waals surface area (Å²) in [6.07, 6.45) is 3.99. The van der Waals surface area contributed by atoms with Crippen LogP contribution in [0.5, 0.6) is 0 Å². The van der Waals surface area contributed by atoms with E-state index in [1.165, 1.54) is 11.3 Å². The summed E-state index contributed by atoms with van der Waals surface area (Å²) in [7, 11) is 0. The van der Waals surface area contributed by atoms with E-state index in [0.717, 1.165) is 18.5 Å². The number of aromatic nitrogens is 2. The Morgan fingerprint density at radius 2 is 2.20 bits per heavy atom. The molecule has 2 aromatic rings. The fraction of sp³-hybridized carbons (Fsp3) is 0.429. The van der Waals surface area contributed by atoms with Crippen LogP contribution in [-0.4, -0.2) is 15.7 Å². The SMILES string of the molecule is CCC(CC)n1ccc(COC(=O)c2sccc2N)n1. The molecule has 0 radical (unpaired) electrons. The maximum atomic E-state index is 11.8. The van der Waals surface area contributed by atoms with E-state index in [1.807, 2.05) is 16.9 Å². The molecule has 108 valence electrons. The predicted molar refractivity (Wildman–Crippen MR) is 79.7 cm³/mol. The van der Waals surface area contributed by atoms with E-state index >= 15 is 0 Å². The monoisotopic (exact) mass is 293 g/mol. The van der Waals surface area contributed by atoms with Crippen LogP contribution in [0.15, 0.2) is 23.7 Å². The van der Waals surface area contributed by atoms with Crippen molar-refractivity contribution in [2.75, 3.05) is 5.73 Å². The molecule has 0 aromatic carbocycles. The van der Waals surface area contributed by atoms with E-state index in [-0.39, 0.29) is 6.61 Å². The highest BCUT2D eigenvalue weighted by Gasteiger charge is 2.14. The molecule has 2 aromatic heterocycles. The number of hydrogen-bond donors (Lipinski definition) is 1. The first-order chi connectivity index (χ1) is 9.65.